The average Bonchev–Trinajstić information content (AvgIpc) is 2.45. The first-order valence-corrected chi connectivity index (χ1v) is 7.70. The van der Waals surface area contributed by atoms with Crippen LogP contribution in [0, 0.1) is 0 Å². The molecule has 1 N–H and O–H groups in total. The maximum absolute atomic E-state index is 5.98. The molecule has 0 heterocycles. The third-order valence-corrected chi connectivity index (χ3v) is 4.43. The number of halogens is 1. The van der Waals surface area contributed by atoms with E-state index in [2.05, 4.69) is 42.6 Å². The van der Waals surface area contributed by atoms with Crippen LogP contribution in [-0.2, 0) is 5.75 Å². The van der Waals surface area contributed by atoms with Crippen molar-refractivity contribution in [2.45, 2.75) is 23.6 Å². The molecule has 1 unspecified atom stereocenters. The average molecular weight is 292 g/mol. The molecule has 19 heavy (non-hydrogen) atoms. The lowest BCUT2D eigenvalue weighted by atomic mass is 10.1. The second-order valence-corrected chi connectivity index (χ2v) is 5.98. The zero-order chi connectivity index (χ0) is 13.7. The zero-order valence-electron chi connectivity index (χ0n) is 11.2. The molecule has 0 spiro atoms. The van der Waals surface area contributed by atoms with E-state index in [0.717, 1.165) is 10.8 Å². The van der Waals surface area contributed by atoms with Crippen molar-refractivity contribution in [2.24, 2.45) is 0 Å². The summed E-state index contributed by atoms with van der Waals surface area (Å²) >= 11 is 7.81. The van der Waals surface area contributed by atoms with Gasteiger partial charge in [-0.3, -0.25) is 0 Å². The number of hydrogen-bond donors (Lipinski definition) is 1. The van der Waals surface area contributed by atoms with E-state index in [1.807, 2.05) is 37.0 Å². The number of thioether (sulfide) groups is 1. The molecule has 0 saturated carbocycles. The van der Waals surface area contributed by atoms with Crippen molar-refractivity contribution in [1.29, 1.82) is 0 Å². The Hall–Kier alpha value is -0.960. The van der Waals surface area contributed by atoms with Crippen LogP contribution in [0.25, 0.3) is 0 Å². The third-order valence-electron chi connectivity index (χ3n) is 3.11. The molecular formula is C16H18ClNS. The molecule has 0 aliphatic rings. The molecule has 0 radical (unpaired) electrons. The van der Waals surface area contributed by atoms with Gasteiger partial charge in [0.05, 0.1) is 0 Å². The summed E-state index contributed by atoms with van der Waals surface area (Å²) in [5.74, 6) is 0.946. The highest BCUT2D eigenvalue weighted by Gasteiger charge is 2.02. The van der Waals surface area contributed by atoms with E-state index in [1.165, 1.54) is 16.0 Å². The highest BCUT2D eigenvalue weighted by molar-refractivity contribution is 7.98. The number of hydrogen-bond acceptors (Lipinski definition) is 2. The van der Waals surface area contributed by atoms with Gasteiger partial charge >= 0.3 is 0 Å². The van der Waals surface area contributed by atoms with Gasteiger partial charge < -0.3 is 5.32 Å². The summed E-state index contributed by atoms with van der Waals surface area (Å²) in [4.78, 5) is 1.28. The van der Waals surface area contributed by atoms with Gasteiger partial charge in [-0.25, -0.2) is 0 Å². The van der Waals surface area contributed by atoms with Gasteiger partial charge in [0.25, 0.3) is 0 Å². The lowest BCUT2D eigenvalue weighted by molar-refractivity contribution is 0.652. The molecule has 1 atom stereocenters. The van der Waals surface area contributed by atoms with Gasteiger partial charge in [-0.1, -0.05) is 35.9 Å². The van der Waals surface area contributed by atoms with Crippen molar-refractivity contribution in [3.8, 4) is 0 Å². The maximum atomic E-state index is 5.98. The van der Waals surface area contributed by atoms with Gasteiger partial charge in [-0.15, -0.1) is 11.8 Å². The Morgan fingerprint density at radius 1 is 1.16 bits per heavy atom. The van der Waals surface area contributed by atoms with E-state index < -0.39 is 0 Å². The van der Waals surface area contributed by atoms with Crippen LogP contribution in [-0.4, -0.2) is 7.05 Å². The molecule has 0 aromatic heterocycles. The fourth-order valence-electron chi connectivity index (χ4n) is 1.81. The molecule has 0 amide bonds. The summed E-state index contributed by atoms with van der Waals surface area (Å²) in [5, 5.41) is 4.05. The van der Waals surface area contributed by atoms with Crippen molar-refractivity contribution in [3.63, 3.8) is 0 Å². The van der Waals surface area contributed by atoms with Crippen LogP contribution in [0.15, 0.2) is 53.4 Å². The fraction of sp³-hybridized carbons (Fsp3) is 0.250. The first-order chi connectivity index (χ1) is 9.19. The molecule has 0 aliphatic heterocycles. The van der Waals surface area contributed by atoms with E-state index in [9.17, 15) is 0 Å². The smallest absolute Gasteiger partial charge is 0.0409 e. The Morgan fingerprint density at radius 2 is 1.89 bits per heavy atom. The van der Waals surface area contributed by atoms with Gasteiger partial charge in [-0.05, 0) is 49.4 Å². The van der Waals surface area contributed by atoms with E-state index >= 15 is 0 Å². The van der Waals surface area contributed by atoms with Crippen LogP contribution in [0.2, 0.25) is 5.02 Å². The fourth-order valence-corrected chi connectivity index (χ4v) is 2.87. The first kappa shape index (κ1) is 14.4. The molecule has 100 valence electrons. The van der Waals surface area contributed by atoms with Gasteiger partial charge in [0, 0.05) is 21.7 Å². The van der Waals surface area contributed by atoms with E-state index in [1.54, 1.807) is 0 Å². The van der Waals surface area contributed by atoms with Crippen LogP contribution in [0.4, 0.5) is 0 Å². The van der Waals surface area contributed by atoms with Crippen molar-refractivity contribution in [3.05, 3.63) is 64.7 Å². The predicted octanol–water partition coefficient (Wildman–Crippen LogP) is 4.91. The van der Waals surface area contributed by atoms with Crippen LogP contribution in [0.3, 0.4) is 0 Å². The van der Waals surface area contributed by atoms with Gasteiger partial charge in [-0.2, -0.15) is 0 Å². The SMILES string of the molecule is CNC(C)c1ccc(SCc2cccc(Cl)c2)cc1. The molecule has 2 rings (SSSR count). The van der Waals surface area contributed by atoms with Crippen LogP contribution in [0.1, 0.15) is 24.1 Å². The summed E-state index contributed by atoms with van der Waals surface area (Å²) in [7, 11) is 1.98. The lowest BCUT2D eigenvalue weighted by Crippen LogP contribution is -2.11. The topological polar surface area (TPSA) is 12.0 Å². The molecule has 2 aromatic carbocycles. The van der Waals surface area contributed by atoms with Gasteiger partial charge in [0.1, 0.15) is 0 Å². The highest BCUT2D eigenvalue weighted by Crippen LogP contribution is 2.25. The zero-order valence-corrected chi connectivity index (χ0v) is 12.8. The summed E-state index contributed by atoms with van der Waals surface area (Å²) in [6.07, 6.45) is 0. The van der Waals surface area contributed by atoms with E-state index in [4.69, 9.17) is 11.6 Å². The minimum Gasteiger partial charge on any atom is -0.313 e. The Bertz CT molecular complexity index is 525. The molecule has 1 nitrogen and oxygen atoms in total. The minimum absolute atomic E-state index is 0.395. The number of nitrogens with one attached hydrogen (secondary N) is 1. The summed E-state index contributed by atoms with van der Waals surface area (Å²) in [6, 6.07) is 17.1. The number of rotatable bonds is 5. The summed E-state index contributed by atoms with van der Waals surface area (Å²) in [5.41, 5.74) is 2.57. The van der Waals surface area contributed by atoms with Crippen molar-refractivity contribution in [2.75, 3.05) is 7.05 Å². The second kappa shape index (κ2) is 6.99. The number of benzene rings is 2. The lowest BCUT2D eigenvalue weighted by Gasteiger charge is -2.11. The summed E-state index contributed by atoms with van der Waals surface area (Å²) < 4.78 is 0. The van der Waals surface area contributed by atoms with Crippen LogP contribution >= 0.6 is 23.4 Å². The monoisotopic (exact) mass is 291 g/mol. The van der Waals surface area contributed by atoms with E-state index in [0.29, 0.717) is 6.04 Å². The summed E-state index contributed by atoms with van der Waals surface area (Å²) in [6.45, 7) is 2.16. The Morgan fingerprint density at radius 3 is 2.53 bits per heavy atom. The Labute approximate surface area is 124 Å². The largest absolute Gasteiger partial charge is 0.313 e. The third kappa shape index (κ3) is 4.27. The Kier molecular flexibility index (Phi) is 5.32. The van der Waals surface area contributed by atoms with Gasteiger partial charge in [0.2, 0.25) is 0 Å². The molecular weight excluding hydrogens is 274 g/mol. The molecule has 2 aromatic rings. The molecule has 0 aliphatic carbocycles. The van der Waals surface area contributed by atoms with Crippen molar-refractivity contribution in [1.82, 2.24) is 5.32 Å². The maximum Gasteiger partial charge on any atom is 0.0409 e. The van der Waals surface area contributed by atoms with Gasteiger partial charge in [0.15, 0.2) is 0 Å². The Balaban J connectivity index is 1.96. The van der Waals surface area contributed by atoms with Crippen LogP contribution < -0.4 is 5.32 Å². The van der Waals surface area contributed by atoms with Crippen molar-refractivity contribution >= 4 is 23.4 Å². The van der Waals surface area contributed by atoms with Crippen molar-refractivity contribution < 1.29 is 0 Å². The highest BCUT2D eigenvalue weighted by atomic mass is 35.5. The quantitative estimate of drug-likeness (QED) is 0.785. The standard InChI is InChI=1S/C16H18ClNS/c1-12(18-2)14-6-8-16(9-7-14)19-11-13-4-3-5-15(17)10-13/h3-10,12,18H,11H2,1-2H3. The predicted molar refractivity (Wildman–Crippen MR) is 84.9 cm³/mol. The van der Waals surface area contributed by atoms with Crippen LogP contribution in [0.5, 0.6) is 0 Å². The molecule has 3 heteroatoms. The van der Waals surface area contributed by atoms with E-state index in [-0.39, 0.29) is 0 Å². The molecule has 0 fully saturated rings. The molecule has 0 saturated heterocycles. The normalized spacial score (nSPS) is 12.4. The minimum atomic E-state index is 0.395. The molecule has 0 bridgehead atoms. The first-order valence-electron chi connectivity index (χ1n) is 6.33. The second-order valence-electron chi connectivity index (χ2n) is 4.50.